The molecule has 3 heteroatoms. The minimum Gasteiger partial charge on any atom is -0.388 e. The maximum absolute atomic E-state index is 9.74. The largest absolute Gasteiger partial charge is 0.388 e. The van der Waals surface area contributed by atoms with Gasteiger partial charge in [-0.15, -0.1) is 11.8 Å². The molecule has 1 aromatic carbocycles. The Labute approximate surface area is 89.5 Å². The van der Waals surface area contributed by atoms with Crippen molar-refractivity contribution < 1.29 is 5.11 Å². The van der Waals surface area contributed by atoms with Crippen LogP contribution in [0.5, 0.6) is 0 Å². The zero-order chi connectivity index (χ0) is 10.8. The van der Waals surface area contributed by atoms with Crippen LogP contribution in [-0.4, -0.2) is 17.0 Å². The van der Waals surface area contributed by atoms with Crippen LogP contribution in [0.15, 0.2) is 29.2 Å². The van der Waals surface area contributed by atoms with Crippen LogP contribution in [0.1, 0.15) is 25.5 Å². The number of nitrogens with two attached hydrogens (primary N) is 1. The van der Waals surface area contributed by atoms with Gasteiger partial charge in [-0.3, -0.25) is 0 Å². The first-order chi connectivity index (χ1) is 6.45. The summed E-state index contributed by atoms with van der Waals surface area (Å²) in [6.45, 7) is 3.44. The first-order valence-corrected chi connectivity index (χ1v) is 5.79. The minimum absolute atomic E-state index is 0.335. The molecule has 3 N–H and O–H groups in total. The molecular formula is C11H17NOS. The molecule has 0 radical (unpaired) electrons. The van der Waals surface area contributed by atoms with E-state index in [4.69, 9.17) is 5.73 Å². The van der Waals surface area contributed by atoms with Gasteiger partial charge in [-0.2, -0.15) is 0 Å². The highest BCUT2D eigenvalue weighted by atomic mass is 32.2. The Bertz CT molecular complexity index is 289. The Morgan fingerprint density at radius 2 is 1.79 bits per heavy atom. The van der Waals surface area contributed by atoms with Gasteiger partial charge in [-0.1, -0.05) is 12.1 Å². The summed E-state index contributed by atoms with van der Waals surface area (Å²) in [6.07, 6.45) is 2.03. The zero-order valence-corrected chi connectivity index (χ0v) is 9.64. The van der Waals surface area contributed by atoms with Gasteiger partial charge in [0.1, 0.15) is 0 Å². The summed E-state index contributed by atoms with van der Waals surface area (Å²) in [7, 11) is 0. The Balaban J connectivity index is 2.87. The molecule has 0 spiro atoms. The van der Waals surface area contributed by atoms with Gasteiger partial charge >= 0.3 is 0 Å². The molecule has 78 valence electrons. The van der Waals surface area contributed by atoms with Gasteiger partial charge in [0.25, 0.3) is 0 Å². The van der Waals surface area contributed by atoms with Crippen molar-refractivity contribution in [2.45, 2.75) is 30.4 Å². The first kappa shape index (κ1) is 11.6. The zero-order valence-electron chi connectivity index (χ0n) is 8.82. The second kappa shape index (κ2) is 4.34. The van der Waals surface area contributed by atoms with Crippen molar-refractivity contribution >= 4 is 11.8 Å². The molecule has 0 fully saturated rings. The van der Waals surface area contributed by atoms with E-state index in [1.807, 2.05) is 30.5 Å². The number of rotatable bonds is 3. The summed E-state index contributed by atoms with van der Waals surface area (Å²) in [5.74, 6) is 0. The van der Waals surface area contributed by atoms with Gasteiger partial charge in [0.2, 0.25) is 0 Å². The summed E-state index contributed by atoms with van der Waals surface area (Å²) < 4.78 is 0. The minimum atomic E-state index is -0.874. The average Bonchev–Trinajstić information content (AvgIpc) is 2.15. The molecule has 0 saturated heterocycles. The van der Waals surface area contributed by atoms with Crippen LogP contribution in [0.25, 0.3) is 0 Å². The number of aliphatic hydroxyl groups is 1. The highest BCUT2D eigenvalue weighted by molar-refractivity contribution is 7.98. The van der Waals surface area contributed by atoms with E-state index in [1.165, 1.54) is 4.90 Å². The van der Waals surface area contributed by atoms with Crippen LogP contribution in [-0.2, 0) is 0 Å². The van der Waals surface area contributed by atoms with Crippen molar-refractivity contribution in [3.05, 3.63) is 29.8 Å². The van der Waals surface area contributed by atoms with Crippen LogP contribution >= 0.6 is 11.8 Å². The van der Waals surface area contributed by atoms with Crippen LogP contribution in [0, 0.1) is 0 Å². The van der Waals surface area contributed by atoms with Gasteiger partial charge in [0, 0.05) is 4.90 Å². The van der Waals surface area contributed by atoms with Crippen LogP contribution in [0.4, 0.5) is 0 Å². The Morgan fingerprint density at radius 1 is 1.29 bits per heavy atom. The standard InChI is InChI=1S/C11H17NOS/c1-11(2,13)10(12)8-4-6-9(14-3)7-5-8/h4-7,10,13H,12H2,1-3H3. The van der Waals surface area contributed by atoms with E-state index >= 15 is 0 Å². The number of hydrogen-bond acceptors (Lipinski definition) is 3. The summed E-state index contributed by atoms with van der Waals surface area (Å²) >= 11 is 1.69. The van der Waals surface area contributed by atoms with Gasteiger partial charge < -0.3 is 10.8 Å². The lowest BCUT2D eigenvalue weighted by Crippen LogP contribution is -2.34. The number of hydrogen-bond donors (Lipinski definition) is 2. The molecule has 14 heavy (non-hydrogen) atoms. The topological polar surface area (TPSA) is 46.2 Å². The van der Waals surface area contributed by atoms with Crippen LogP contribution < -0.4 is 5.73 Å². The fourth-order valence-electron chi connectivity index (χ4n) is 1.22. The van der Waals surface area contributed by atoms with Crippen molar-refractivity contribution in [1.29, 1.82) is 0 Å². The lowest BCUT2D eigenvalue weighted by Gasteiger charge is -2.26. The first-order valence-electron chi connectivity index (χ1n) is 4.57. The van der Waals surface area contributed by atoms with Crippen molar-refractivity contribution in [1.82, 2.24) is 0 Å². The summed E-state index contributed by atoms with van der Waals surface area (Å²) in [5.41, 5.74) is 6.00. The summed E-state index contributed by atoms with van der Waals surface area (Å²) in [5, 5.41) is 9.74. The maximum Gasteiger partial charge on any atom is 0.0783 e. The third kappa shape index (κ3) is 2.74. The molecule has 0 amide bonds. The highest BCUT2D eigenvalue weighted by Gasteiger charge is 2.24. The fraction of sp³-hybridized carbons (Fsp3) is 0.455. The monoisotopic (exact) mass is 211 g/mol. The molecule has 0 heterocycles. The van der Waals surface area contributed by atoms with Gasteiger partial charge in [0.05, 0.1) is 11.6 Å². The second-order valence-corrected chi connectivity index (χ2v) is 4.78. The molecule has 0 aliphatic rings. The predicted molar refractivity (Wildman–Crippen MR) is 61.4 cm³/mol. The van der Waals surface area contributed by atoms with E-state index in [1.54, 1.807) is 25.6 Å². The molecule has 2 nitrogen and oxygen atoms in total. The van der Waals surface area contributed by atoms with E-state index in [0.717, 1.165) is 5.56 Å². The normalized spacial score (nSPS) is 14.1. The summed E-state index contributed by atoms with van der Waals surface area (Å²) in [4.78, 5) is 1.21. The Kier molecular flexibility index (Phi) is 3.59. The molecule has 1 aromatic rings. The van der Waals surface area contributed by atoms with Crippen molar-refractivity contribution in [3.63, 3.8) is 0 Å². The van der Waals surface area contributed by atoms with E-state index < -0.39 is 5.60 Å². The molecule has 0 aliphatic carbocycles. The van der Waals surface area contributed by atoms with E-state index in [0.29, 0.717) is 0 Å². The van der Waals surface area contributed by atoms with Crippen molar-refractivity contribution in [2.24, 2.45) is 5.73 Å². The van der Waals surface area contributed by atoms with Crippen LogP contribution in [0.3, 0.4) is 0 Å². The molecule has 0 aromatic heterocycles. The van der Waals surface area contributed by atoms with E-state index in [-0.39, 0.29) is 6.04 Å². The molecule has 0 saturated carbocycles. The molecule has 1 rings (SSSR count). The third-order valence-electron chi connectivity index (χ3n) is 2.24. The Morgan fingerprint density at radius 3 is 2.14 bits per heavy atom. The highest BCUT2D eigenvalue weighted by Crippen LogP contribution is 2.24. The fourth-order valence-corrected chi connectivity index (χ4v) is 1.63. The van der Waals surface area contributed by atoms with E-state index in [2.05, 4.69) is 0 Å². The van der Waals surface area contributed by atoms with E-state index in [9.17, 15) is 5.11 Å². The summed E-state index contributed by atoms with van der Waals surface area (Å²) in [6, 6.07) is 7.64. The Hall–Kier alpha value is -0.510. The lowest BCUT2D eigenvalue weighted by molar-refractivity contribution is 0.0517. The number of benzene rings is 1. The molecule has 0 aliphatic heterocycles. The molecule has 1 atom stereocenters. The van der Waals surface area contributed by atoms with Gasteiger partial charge in [-0.25, -0.2) is 0 Å². The maximum atomic E-state index is 9.74. The molecule has 0 bridgehead atoms. The van der Waals surface area contributed by atoms with Crippen molar-refractivity contribution in [2.75, 3.05) is 6.26 Å². The SMILES string of the molecule is CSc1ccc(C(N)C(C)(C)O)cc1. The second-order valence-electron chi connectivity index (χ2n) is 3.90. The molecular weight excluding hydrogens is 194 g/mol. The van der Waals surface area contributed by atoms with Crippen molar-refractivity contribution in [3.8, 4) is 0 Å². The van der Waals surface area contributed by atoms with Crippen LogP contribution in [0.2, 0.25) is 0 Å². The third-order valence-corrected chi connectivity index (χ3v) is 2.98. The lowest BCUT2D eigenvalue weighted by atomic mass is 9.93. The predicted octanol–water partition coefficient (Wildman–Crippen LogP) is 2.18. The smallest absolute Gasteiger partial charge is 0.0783 e. The van der Waals surface area contributed by atoms with Gasteiger partial charge in [0.15, 0.2) is 0 Å². The quantitative estimate of drug-likeness (QED) is 0.753. The number of thioether (sulfide) groups is 1. The molecule has 1 unspecified atom stereocenters. The van der Waals surface area contributed by atoms with Gasteiger partial charge in [-0.05, 0) is 37.8 Å². The average molecular weight is 211 g/mol.